The molecule has 2 aromatic heterocycles. The van der Waals surface area contributed by atoms with E-state index in [1.165, 1.54) is 17.5 Å². The van der Waals surface area contributed by atoms with E-state index < -0.39 is 6.09 Å². The van der Waals surface area contributed by atoms with Crippen LogP contribution in [0.25, 0.3) is 10.2 Å². The monoisotopic (exact) mass is 402 g/mol. The van der Waals surface area contributed by atoms with Crippen LogP contribution in [0.5, 0.6) is 5.75 Å². The van der Waals surface area contributed by atoms with E-state index in [1.54, 1.807) is 34.2 Å². The number of carbonyl (C=O) groups is 2. The standard InChI is InChI=1S/C18H15ClN4O3S/c19-13-4-1-5-14-15(13)27-16(21-14)17(24)22-7-9-23(10-8-22)18(25)26-12-3-2-6-20-11-12/h1-6,11H,7-10H2. The Hall–Kier alpha value is -2.71. The first-order valence-electron chi connectivity index (χ1n) is 8.33. The number of hydrogen-bond donors (Lipinski definition) is 0. The maximum Gasteiger partial charge on any atom is 0.415 e. The zero-order valence-corrected chi connectivity index (χ0v) is 15.7. The fourth-order valence-electron chi connectivity index (χ4n) is 2.81. The normalized spacial score (nSPS) is 14.4. The van der Waals surface area contributed by atoms with Crippen molar-refractivity contribution in [1.82, 2.24) is 19.8 Å². The summed E-state index contributed by atoms with van der Waals surface area (Å²) in [4.78, 5) is 36.5. The zero-order valence-electron chi connectivity index (χ0n) is 14.2. The molecule has 0 radical (unpaired) electrons. The molecule has 0 aliphatic carbocycles. The van der Waals surface area contributed by atoms with E-state index in [-0.39, 0.29) is 5.91 Å². The van der Waals surface area contributed by atoms with Gasteiger partial charge in [-0.2, -0.15) is 0 Å². The highest BCUT2D eigenvalue weighted by molar-refractivity contribution is 7.20. The highest BCUT2D eigenvalue weighted by Crippen LogP contribution is 2.29. The van der Waals surface area contributed by atoms with Gasteiger partial charge in [0.25, 0.3) is 5.91 Å². The first kappa shape index (κ1) is 17.7. The van der Waals surface area contributed by atoms with Crippen LogP contribution < -0.4 is 4.74 Å². The Labute approximate surface area is 164 Å². The number of hydrogen-bond acceptors (Lipinski definition) is 6. The van der Waals surface area contributed by atoms with E-state index in [0.717, 1.165) is 10.2 Å². The van der Waals surface area contributed by atoms with Gasteiger partial charge >= 0.3 is 6.09 Å². The molecule has 1 saturated heterocycles. The summed E-state index contributed by atoms with van der Waals surface area (Å²) >= 11 is 7.45. The van der Waals surface area contributed by atoms with Crippen molar-refractivity contribution < 1.29 is 14.3 Å². The topological polar surface area (TPSA) is 75.6 Å². The Bertz CT molecular complexity index is 987. The summed E-state index contributed by atoms with van der Waals surface area (Å²) in [6, 6.07) is 8.79. The third-order valence-corrected chi connectivity index (χ3v) is 5.73. The Kier molecular flexibility index (Phi) is 4.91. The SMILES string of the molecule is O=C(Oc1cccnc1)N1CCN(C(=O)c2nc3cccc(Cl)c3s2)CC1. The Morgan fingerprint density at radius 3 is 2.56 bits per heavy atom. The molecule has 0 unspecified atom stereocenters. The van der Waals surface area contributed by atoms with Crippen molar-refractivity contribution in [3.05, 3.63) is 52.8 Å². The minimum atomic E-state index is -0.443. The number of ether oxygens (including phenoxy) is 1. The summed E-state index contributed by atoms with van der Waals surface area (Å²) in [6.45, 7) is 1.64. The summed E-state index contributed by atoms with van der Waals surface area (Å²) in [5, 5.41) is 0.997. The van der Waals surface area contributed by atoms with Gasteiger partial charge in [0, 0.05) is 32.4 Å². The number of aromatic nitrogens is 2. The minimum absolute atomic E-state index is 0.146. The summed E-state index contributed by atoms with van der Waals surface area (Å²) in [7, 11) is 0. The van der Waals surface area contributed by atoms with Crippen LogP contribution >= 0.6 is 22.9 Å². The van der Waals surface area contributed by atoms with E-state index in [4.69, 9.17) is 16.3 Å². The van der Waals surface area contributed by atoms with Crippen molar-refractivity contribution >= 4 is 45.2 Å². The first-order valence-corrected chi connectivity index (χ1v) is 9.52. The molecule has 0 saturated carbocycles. The number of benzene rings is 1. The van der Waals surface area contributed by atoms with Gasteiger partial charge in [0.2, 0.25) is 0 Å². The van der Waals surface area contributed by atoms with E-state index in [1.807, 2.05) is 12.1 Å². The molecule has 27 heavy (non-hydrogen) atoms. The minimum Gasteiger partial charge on any atom is -0.409 e. The average molecular weight is 403 g/mol. The predicted molar refractivity (Wildman–Crippen MR) is 102 cm³/mol. The quantitative estimate of drug-likeness (QED) is 0.657. The van der Waals surface area contributed by atoms with Gasteiger partial charge in [-0.1, -0.05) is 17.7 Å². The second-order valence-corrected chi connectivity index (χ2v) is 7.35. The maximum absolute atomic E-state index is 12.7. The van der Waals surface area contributed by atoms with Crippen molar-refractivity contribution in [3.63, 3.8) is 0 Å². The highest BCUT2D eigenvalue weighted by Gasteiger charge is 2.27. The van der Waals surface area contributed by atoms with Gasteiger partial charge in [-0.3, -0.25) is 9.78 Å². The Morgan fingerprint density at radius 1 is 1.07 bits per heavy atom. The van der Waals surface area contributed by atoms with E-state index >= 15 is 0 Å². The predicted octanol–water partition coefficient (Wildman–Crippen LogP) is 3.30. The van der Waals surface area contributed by atoms with Gasteiger partial charge in [0.15, 0.2) is 10.8 Å². The molecular formula is C18H15ClN4O3S. The lowest BCUT2D eigenvalue weighted by atomic mass is 10.3. The van der Waals surface area contributed by atoms with Gasteiger partial charge < -0.3 is 14.5 Å². The third-order valence-electron chi connectivity index (χ3n) is 4.21. The van der Waals surface area contributed by atoms with Crippen LogP contribution in [-0.4, -0.2) is 57.9 Å². The smallest absolute Gasteiger partial charge is 0.409 e. The summed E-state index contributed by atoms with van der Waals surface area (Å²) in [6.07, 6.45) is 2.65. The molecule has 4 rings (SSSR count). The van der Waals surface area contributed by atoms with Crippen LogP contribution in [0, 0.1) is 0 Å². The highest BCUT2D eigenvalue weighted by atomic mass is 35.5. The van der Waals surface area contributed by atoms with Crippen LogP contribution in [0.15, 0.2) is 42.7 Å². The van der Waals surface area contributed by atoms with Gasteiger partial charge in [0.05, 0.1) is 21.4 Å². The maximum atomic E-state index is 12.7. The van der Waals surface area contributed by atoms with Crippen LogP contribution in [0.4, 0.5) is 4.79 Å². The molecule has 1 aliphatic rings. The van der Waals surface area contributed by atoms with Crippen molar-refractivity contribution in [2.75, 3.05) is 26.2 Å². The zero-order chi connectivity index (χ0) is 18.8. The number of halogens is 1. The third kappa shape index (κ3) is 3.72. The Balaban J connectivity index is 1.39. The van der Waals surface area contributed by atoms with E-state index in [2.05, 4.69) is 9.97 Å². The lowest BCUT2D eigenvalue weighted by molar-refractivity contribution is 0.0633. The summed E-state index contributed by atoms with van der Waals surface area (Å²) in [5.41, 5.74) is 0.717. The number of piperazine rings is 1. The van der Waals surface area contributed by atoms with Crippen LogP contribution in [0.2, 0.25) is 5.02 Å². The lowest BCUT2D eigenvalue weighted by Gasteiger charge is -2.33. The van der Waals surface area contributed by atoms with Crippen molar-refractivity contribution in [2.24, 2.45) is 0 Å². The molecule has 9 heteroatoms. The number of thiazole rings is 1. The van der Waals surface area contributed by atoms with Gasteiger partial charge in [-0.15, -0.1) is 11.3 Å². The number of amides is 2. The molecule has 3 aromatic rings. The van der Waals surface area contributed by atoms with E-state index in [0.29, 0.717) is 42.0 Å². The fraction of sp³-hybridized carbons (Fsp3) is 0.222. The van der Waals surface area contributed by atoms with Crippen LogP contribution in [0.3, 0.4) is 0 Å². The number of pyridine rings is 1. The number of carbonyl (C=O) groups excluding carboxylic acids is 2. The molecule has 2 amide bonds. The molecule has 0 N–H and O–H groups in total. The number of nitrogens with zero attached hydrogens (tertiary/aromatic N) is 4. The molecule has 1 aliphatic heterocycles. The molecule has 0 atom stereocenters. The van der Waals surface area contributed by atoms with Crippen molar-refractivity contribution in [3.8, 4) is 5.75 Å². The Morgan fingerprint density at radius 2 is 1.85 bits per heavy atom. The van der Waals surface area contributed by atoms with Gasteiger partial charge in [-0.05, 0) is 24.3 Å². The van der Waals surface area contributed by atoms with Crippen LogP contribution in [0.1, 0.15) is 9.80 Å². The molecular weight excluding hydrogens is 388 g/mol. The lowest BCUT2D eigenvalue weighted by Crippen LogP contribution is -2.51. The number of rotatable bonds is 2. The molecule has 7 nitrogen and oxygen atoms in total. The van der Waals surface area contributed by atoms with Gasteiger partial charge in [-0.25, -0.2) is 9.78 Å². The van der Waals surface area contributed by atoms with E-state index in [9.17, 15) is 9.59 Å². The summed E-state index contributed by atoms with van der Waals surface area (Å²) in [5.74, 6) is 0.250. The first-order chi connectivity index (χ1) is 13.1. The molecule has 1 aromatic carbocycles. The second-order valence-electron chi connectivity index (χ2n) is 5.94. The largest absolute Gasteiger partial charge is 0.415 e. The molecule has 3 heterocycles. The molecule has 0 spiro atoms. The molecule has 0 bridgehead atoms. The van der Waals surface area contributed by atoms with Crippen molar-refractivity contribution in [1.29, 1.82) is 0 Å². The summed E-state index contributed by atoms with van der Waals surface area (Å²) < 4.78 is 6.09. The second kappa shape index (κ2) is 7.50. The van der Waals surface area contributed by atoms with Crippen molar-refractivity contribution in [2.45, 2.75) is 0 Å². The average Bonchev–Trinajstić information content (AvgIpc) is 3.14. The molecule has 138 valence electrons. The van der Waals surface area contributed by atoms with Gasteiger partial charge in [0.1, 0.15) is 0 Å². The molecule has 1 fully saturated rings. The number of fused-ring (bicyclic) bond motifs is 1. The fourth-order valence-corrected chi connectivity index (χ4v) is 4.03. The van der Waals surface area contributed by atoms with Crippen LogP contribution in [-0.2, 0) is 0 Å².